The summed E-state index contributed by atoms with van der Waals surface area (Å²) in [5, 5.41) is 8.72. The van der Waals surface area contributed by atoms with E-state index < -0.39 is 29.4 Å². The second-order valence-electron chi connectivity index (χ2n) is 4.64. The maximum atomic E-state index is 13.5. The molecule has 9 heteroatoms. The summed E-state index contributed by atoms with van der Waals surface area (Å²) in [7, 11) is 0. The smallest absolute Gasteiger partial charge is 0.347 e. The number of ether oxygens (including phenoxy) is 1. The Hall–Kier alpha value is -0.630. The number of amides is 2. The fourth-order valence-corrected chi connectivity index (χ4v) is 2.85. The number of nitrogens with zero attached hydrogens (tertiary/aromatic N) is 2. The first kappa shape index (κ1) is 14.8. The Labute approximate surface area is 119 Å². The highest BCUT2D eigenvalue weighted by molar-refractivity contribution is 6.22. The zero-order chi connectivity index (χ0) is 14.2. The molecule has 0 aromatic rings. The number of nitrogens with two attached hydrogens (primary N) is 1. The monoisotopic (exact) mass is 313 g/mol. The van der Waals surface area contributed by atoms with Crippen LogP contribution in [0, 0.1) is 0 Å². The molecule has 0 spiro atoms. The fourth-order valence-electron chi connectivity index (χ4n) is 2.13. The number of urea groups is 1. The molecule has 0 aromatic carbocycles. The van der Waals surface area contributed by atoms with Crippen molar-refractivity contribution in [1.82, 2.24) is 4.90 Å². The number of alkyl halides is 3. The fraction of sp³-hybridized carbons (Fsp3) is 0.800. The van der Waals surface area contributed by atoms with Gasteiger partial charge in [-0.2, -0.15) is 4.99 Å². The molecule has 19 heavy (non-hydrogen) atoms. The molecule has 2 amide bonds. The molecule has 2 unspecified atom stereocenters. The summed E-state index contributed by atoms with van der Waals surface area (Å²) in [6.07, 6.45) is -2.17. The zero-order valence-electron chi connectivity index (χ0n) is 9.93. The van der Waals surface area contributed by atoms with Gasteiger partial charge < -0.3 is 15.6 Å². The highest BCUT2D eigenvalue weighted by atomic mass is 35.5. The number of hydrogen-bond acceptors (Lipinski definition) is 4. The molecule has 2 rings (SSSR count). The van der Waals surface area contributed by atoms with E-state index in [1.54, 1.807) is 0 Å². The van der Waals surface area contributed by atoms with E-state index in [0.717, 1.165) is 4.90 Å². The van der Waals surface area contributed by atoms with Crippen molar-refractivity contribution >= 4 is 35.1 Å². The van der Waals surface area contributed by atoms with Gasteiger partial charge in [-0.1, -0.05) is 0 Å². The van der Waals surface area contributed by atoms with Crippen LogP contribution in [0.3, 0.4) is 0 Å². The number of amidine groups is 1. The van der Waals surface area contributed by atoms with Crippen molar-refractivity contribution in [2.75, 3.05) is 19.0 Å². The van der Waals surface area contributed by atoms with Crippen molar-refractivity contribution in [3.63, 3.8) is 0 Å². The van der Waals surface area contributed by atoms with E-state index in [1.165, 1.54) is 0 Å². The lowest BCUT2D eigenvalue weighted by Gasteiger charge is -2.33. The number of aliphatic hydroxyl groups is 1. The molecule has 108 valence electrons. The molecule has 0 radical (unpaired) electrons. The van der Waals surface area contributed by atoms with E-state index in [-0.39, 0.29) is 31.3 Å². The normalized spacial score (nSPS) is 39.6. The molecule has 2 heterocycles. The summed E-state index contributed by atoms with van der Waals surface area (Å²) >= 11 is 11.9. The Kier molecular flexibility index (Phi) is 4.20. The first-order valence-corrected chi connectivity index (χ1v) is 6.67. The van der Waals surface area contributed by atoms with Crippen molar-refractivity contribution in [3.8, 4) is 0 Å². The molecule has 0 aliphatic carbocycles. The van der Waals surface area contributed by atoms with Gasteiger partial charge in [-0.05, 0) is 0 Å². The van der Waals surface area contributed by atoms with Gasteiger partial charge in [0.2, 0.25) is 0 Å². The van der Waals surface area contributed by atoms with Gasteiger partial charge in [0.1, 0.15) is 11.4 Å². The third-order valence-electron chi connectivity index (χ3n) is 3.23. The first-order valence-electron chi connectivity index (χ1n) is 5.70. The minimum Gasteiger partial charge on any atom is -0.393 e. The maximum absolute atomic E-state index is 13.5. The van der Waals surface area contributed by atoms with Crippen LogP contribution in [0.15, 0.2) is 4.99 Å². The largest absolute Gasteiger partial charge is 0.393 e. The minimum atomic E-state index is -1.55. The van der Waals surface area contributed by atoms with Crippen LogP contribution in [0.5, 0.6) is 0 Å². The summed E-state index contributed by atoms with van der Waals surface area (Å²) in [4.78, 5) is 16.2. The number of halogens is 3. The lowest BCUT2D eigenvalue weighted by molar-refractivity contribution is -0.103. The van der Waals surface area contributed by atoms with Crippen molar-refractivity contribution in [3.05, 3.63) is 0 Å². The molecule has 0 bridgehead atoms. The van der Waals surface area contributed by atoms with Crippen LogP contribution >= 0.6 is 23.2 Å². The third-order valence-corrected chi connectivity index (χ3v) is 4.09. The van der Waals surface area contributed by atoms with E-state index in [2.05, 4.69) is 4.99 Å². The Morgan fingerprint density at radius 3 is 2.89 bits per heavy atom. The number of rotatable bonds is 3. The van der Waals surface area contributed by atoms with Gasteiger partial charge in [0.25, 0.3) is 0 Å². The third kappa shape index (κ3) is 2.65. The topological polar surface area (TPSA) is 88.2 Å². The van der Waals surface area contributed by atoms with Gasteiger partial charge in [-0.3, -0.25) is 4.90 Å². The van der Waals surface area contributed by atoms with Crippen LogP contribution in [-0.4, -0.2) is 64.3 Å². The molecule has 0 saturated carbocycles. The summed E-state index contributed by atoms with van der Waals surface area (Å²) in [5.74, 6) is -0.327. The minimum absolute atomic E-state index is 0.0235. The lowest BCUT2D eigenvalue weighted by Crippen LogP contribution is -2.52. The quantitative estimate of drug-likeness (QED) is 0.740. The van der Waals surface area contributed by atoms with Crippen molar-refractivity contribution in [1.29, 1.82) is 0 Å². The van der Waals surface area contributed by atoms with E-state index in [4.69, 9.17) is 33.7 Å². The van der Waals surface area contributed by atoms with E-state index in [1.807, 2.05) is 0 Å². The summed E-state index contributed by atoms with van der Waals surface area (Å²) in [6.45, 7) is -0.603. The number of carbonyl (C=O) groups excluding carboxylic acids is 1. The molecule has 4 atom stereocenters. The molecule has 1 saturated heterocycles. The first-order chi connectivity index (χ1) is 8.92. The average molecular weight is 314 g/mol. The summed E-state index contributed by atoms with van der Waals surface area (Å²) in [6, 6.07) is -0.703. The van der Waals surface area contributed by atoms with Gasteiger partial charge in [0, 0.05) is 6.42 Å². The summed E-state index contributed by atoms with van der Waals surface area (Å²) < 4.78 is 19.1. The van der Waals surface area contributed by atoms with Gasteiger partial charge in [0.05, 0.1) is 24.4 Å². The van der Waals surface area contributed by atoms with Gasteiger partial charge >= 0.3 is 6.03 Å². The Morgan fingerprint density at radius 1 is 1.68 bits per heavy atom. The zero-order valence-corrected chi connectivity index (χ0v) is 11.4. The standard InChI is InChI=1S/C10H14Cl2FN3O3/c11-3-10(4-17)1-5(12)8(19-10)16-2-6(13)7(14)15-9(16)18/h5-6,8,17H,1-4H2,(H2,14,15,18)/t5-,6?,8?,10-/m1/s1. The second-order valence-corrected chi connectivity index (χ2v) is 5.47. The van der Waals surface area contributed by atoms with Crippen LogP contribution in [0.4, 0.5) is 9.18 Å². The Morgan fingerprint density at radius 2 is 2.37 bits per heavy atom. The molecule has 0 aromatic heterocycles. The Bertz CT molecular complexity index is 405. The SMILES string of the molecule is NC1=NC(=O)N(C2O[C@@](CO)(CCl)C[C@H]2Cl)CC1F. The van der Waals surface area contributed by atoms with Crippen LogP contribution in [0.25, 0.3) is 0 Å². The predicted molar refractivity (Wildman–Crippen MR) is 68.3 cm³/mol. The highest BCUT2D eigenvalue weighted by Gasteiger charge is 2.49. The second kappa shape index (κ2) is 5.40. The highest BCUT2D eigenvalue weighted by Crippen LogP contribution is 2.37. The molecule has 6 nitrogen and oxygen atoms in total. The average Bonchev–Trinajstić information content (AvgIpc) is 2.72. The molecular formula is C10H14Cl2FN3O3. The van der Waals surface area contributed by atoms with E-state index >= 15 is 0 Å². The van der Waals surface area contributed by atoms with Crippen molar-refractivity contribution < 1.29 is 19.0 Å². The van der Waals surface area contributed by atoms with Gasteiger partial charge in [-0.25, -0.2) is 9.18 Å². The van der Waals surface area contributed by atoms with Crippen LogP contribution in [0.1, 0.15) is 6.42 Å². The number of aliphatic hydroxyl groups excluding tert-OH is 1. The molecular weight excluding hydrogens is 300 g/mol. The van der Waals surface area contributed by atoms with Gasteiger partial charge in [-0.15, -0.1) is 23.2 Å². The Balaban J connectivity index is 2.17. The number of hydrogen-bond donors (Lipinski definition) is 2. The number of carbonyl (C=O) groups is 1. The van der Waals surface area contributed by atoms with Crippen LogP contribution < -0.4 is 5.73 Å². The van der Waals surface area contributed by atoms with Gasteiger partial charge in [0.15, 0.2) is 12.4 Å². The molecule has 2 aliphatic rings. The van der Waals surface area contributed by atoms with Crippen molar-refractivity contribution in [2.45, 2.75) is 29.8 Å². The van der Waals surface area contributed by atoms with E-state index in [0.29, 0.717) is 0 Å². The van der Waals surface area contributed by atoms with Crippen LogP contribution in [0.2, 0.25) is 0 Å². The van der Waals surface area contributed by atoms with E-state index in [9.17, 15) is 14.3 Å². The summed E-state index contributed by atoms with van der Waals surface area (Å²) in [5.41, 5.74) is 4.25. The van der Waals surface area contributed by atoms with Crippen molar-refractivity contribution in [2.24, 2.45) is 10.7 Å². The van der Waals surface area contributed by atoms with Crippen LogP contribution in [-0.2, 0) is 4.74 Å². The lowest BCUT2D eigenvalue weighted by atomic mass is 10.0. The molecule has 3 N–H and O–H groups in total. The predicted octanol–water partition coefficient (Wildman–Crippen LogP) is 0.441. The number of aliphatic imine (C=N–C) groups is 1. The maximum Gasteiger partial charge on any atom is 0.347 e. The molecule has 2 aliphatic heterocycles. The molecule has 1 fully saturated rings.